The molecule has 3 amide bonds. The number of anilines is 3. The summed E-state index contributed by atoms with van der Waals surface area (Å²) in [6.07, 6.45) is -1.16. The summed E-state index contributed by atoms with van der Waals surface area (Å²) in [4.78, 5) is 50.8. The molecular weight excluding hydrogens is 554 g/mol. The molecule has 0 fully saturated rings. The molecule has 42 heavy (non-hydrogen) atoms. The lowest BCUT2D eigenvalue weighted by Crippen LogP contribution is -2.44. The fourth-order valence-electron chi connectivity index (χ4n) is 4.13. The standard InChI is InChI=1S/C28H32F2N6O6/c1-27(2,3)41-25(38)36(26(39)42-28(4,5)6)24-32-13-15(30)19(35-24)21-20(18-16(33-21)11-12-31-23(18)37)34-17-10-8-9-14(29)22(17)40-7/h8-10,13,33-34H,11-12H2,1-7H3,(H,31,37). The molecule has 3 heterocycles. The number of hydrogen-bond donors (Lipinski definition) is 3. The van der Waals surface area contributed by atoms with Crippen LogP contribution in [0.5, 0.6) is 5.75 Å². The Balaban J connectivity index is 1.89. The van der Waals surface area contributed by atoms with E-state index in [1.807, 2.05) is 0 Å². The lowest BCUT2D eigenvalue weighted by molar-refractivity contribution is 0.0426. The van der Waals surface area contributed by atoms with Crippen LogP contribution in [0.2, 0.25) is 0 Å². The van der Waals surface area contributed by atoms with Crippen LogP contribution in [0, 0.1) is 11.6 Å². The Bertz CT molecular complexity index is 1510. The minimum Gasteiger partial charge on any atom is -0.492 e. The normalized spacial score (nSPS) is 13.1. The van der Waals surface area contributed by atoms with Gasteiger partial charge in [0.15, 0.2) is 17.4 Å². The highest BCUT2D eigenvalue weighted by Gasteiger charge is 2.36. The van der Waals surface area contributed by atoms with Gasteiger partial charge in [-0.15, -0.1) is 4.90 Å². The summed E-state index contributed by atoms with van der Waals surface area (Å²) in [5, 5.41) is 5.70. The summed E-state index contributed by atoms with van der Waals surface area (Å²) >= 11 is 0. The van der Waals surface area contributed by atoms with Crippen molar-refractivity contribution >= 4 is 35.4 Å². The Morgan fingerprint density at radius 3 is 2.26 bits per heavy atom. The van der Waals surface area contributed by atoms with Crippen LogP contribution in [0.15, 0.2) is 24.4 Å². The Hall–Kier alpha value is -4.75. The zero-order valence-corrected chi connectivity index (χ0v) is 24.3. The first kappa shape index (κ1) is 30.2. The number of H-pyrrole nitrogens is 1. The average Bonchev–Trinajstić information content (AvgIpc) is 3.22. The maximum Gasteiger partial charge on any atom is 0.427 e. The van der Waals surface area contributed by atoms with Gasteiger partial charge in [0.2, 0.25) is 5.95 Å². The number of carbonyl (C=O) groups is 3. The van der Waals surface area contributed by atoms with Gasteiger partial charge in [-0.2, -0.15) is 0 Å². The summed E-state index contributed by atoms with van der Waals surface area (Å²) in [7, 11) is 1.28. The van der Waals surface area contributed by atoms with Gasteiger partial charge < -0.3 is 29.8 Å². The van der Waals surface area contributed by atoms with Gasteiger partial charge in [0.25, 0.3) is 5.91 Å². The highest BCUT2D eigenvalue weighted by Crippen LogP contribution is 2.40. The predicted octanol–water partition coefficient (Wildman–Crippen LogP) is 5.46. The Morgan fingerprint density at radius 2 is 1.67 bits per heavy atom. The van der Waals surface area contributed by atoms with Gasteiger partial charge in [-0.25, -0.2) is 28.3 Å². The van der Waals surface area contributed by atoms with Crippen LogP contribution in [0.1, 0.15) is 57.6 Å². The van der Waals surface area contributed by atoms with E-state index in [0.29, 0.717) is 23.6 Å². The molecule has 14 heteroatoms. The molecule has 1 aliphatic heterocycles. The van der Waals surface area contributed by atoms with Crippen molar-refractivity contribution < 1.29 is 37.4 Å². The maximum absolute atomic E-state index is 15.4. The fraction of sp³-hybridized carbons (Fsp3) is 0.393. The van der Waals surface area contributed by atoms with Crippen LogP contribution in [0.4, 0.5) is 35.7 Å². The molecule has 0 radical (unpaired) electrons. The highest BCUT2D eigenvalue weighted by molar-refractivity contribution is 6.09. The minimum atomic E-state index is -1.15. The van der Waals surface area contributed by atoms with Crippen molar-refractivity contribution in [2.75, 3.05) is 23.9 Å². The van der Waals surface area contributed by atoms with Gasteiger partial charge in [0.05, 0.1) is 35.9 Å². The molecule has 12 nitrogen and oxygen atoms in total. The largest absolute Gasteiger partial charge is 0.492 e. The van der Waals surface area contributed by atoms with E-state index in [9.17, 15) is 18.8 Å². The number of carbonyl (C=O) groups excluding carboxylic acids is 3. The van der Waals surface area contributed by atoms with Crippen LogP contribution >= 0.6 is 0 Å². The molecule has 3 aromatic rings. The number of nitrogens with zero attached hydrogens (tertiary/aromatic N) is 3. The Kier molecular flexibility index (Phi) is 8.10. The summed E-state index contributed by atoms with van der Waals surface area (Å²) in [6, 6.07) is 4.14. The number of aromatic nitrogens is 3. The van der Waals surface area contributed by atoms with Gasteiger partial charge in [0.1, 0.15) is 16.9 Å². The first-order valence-corrected chi connectivity index (χ1v) is 13.0. The molecule has 0 spiro atoms. The molecule has 3 N–H and O–H groups in total. The fourth-order valence-corrected chi connectivity index (χ4v) is 4.13. The topological polar surface area (TPSA) is 148 Å². The number of fused-ring (bicyclic) bond motifs is 1. The predicted molar refractivity (Wildman–Crippen MR) is 149 cm³/mol. The molecule has 0 unspecified atom stereocenters. The van der Waals surface area contributed by atoms with E-state index in [-0.39, 0.29) is 28.4 Å². The third kappa shape index (κ3) is 6.42. The molecule has 4 rings (SSSR count). The molecule has 224 valence electrons. The Morgan fingerprint density at radius 1 is 1.02 bits per heavy atom. The number of imide groups is 1. The van der Waals surface area contributed by atoms with Crippen LogP contribution in [-0.2, 0) is 15.9 Å². The molecule has 0 saturated carbocycles. The van der Waals surface area contributed by atoms with Crippen LogP contribution < -0.4 is 20.3 Å². The lowest BCUT2D eigenvalue weighted by atomic mass is 10.1. The number of nitrogens with one attached hydrogen (secondary N) is 3. The third-order valence-corrected chi connectivity index (χ3v) is 5.72. The third-order valence-electron chi connectivity index (χ3n) is 5.72. The van der Waals surface area contributed by atoms with E-state index in [0.717, 1.165) is 6.20 Å². The quantitative estimate of drug-likeness (QED) is 0.354. The molecule has 0 bridgehead atoms. The second-order valence-electron chi connectivity index (χ2n) is 11.3. The number of rotatable bonds is 5. The molecule has 1 aliphatic rings. The van der Waals surface area contributed by atoms with E-state index in [2.05, 4.69) is 25.6 Å². The second kappa shape index (κ2) is 11.3. The van der Waals surface area contributed by atoms with Crippen molar-refractivity contribution in [1.29, 1.82) is 0 Å². The van der Waals surface area contributed by atoms with Crippen molar-refractivity contribution in [1.82, 2.24) is 20.3 Å². The number of methoxy groups -OCH3 is 1. The molecular formula is C28H32F2N6O6. The van der Waals surface area contributed by atoms with Crippen molar-refractivity contribution in [3.8, 4) is 17.1 Å². The molecule has 0 aliphatic carbocycles. The molecule has 1 aromatic carbocycles. The number of aromatic amines is 1. The van der Waals surface area contributed by atoms with E-state index in [1.165, 1.54) is 25.3 Å². The van der Waals surface area contributed by atoms with Crippen LogP contribution in [0.25, 0.3) is 11.4 Å². The zero-order chi connectivity index (χ0) is 31.0. The number of hydrogen-bond acceptors (Lipinski definition) is 9. The van der Waals surface area contributed by atoms with Gasteiger partial charge in [0, 0.05) is 18.7 Å². The number of benzene rings is 1. The number of para-hydroxylation sites is 1. The van der Waals surface area contributed by atoms with E-state index >= 15 is 4.39 Å². The summed E-state index contributed by atoms with van der Waals surface area (Å²) in [5.41, 5.74) is -1.59. The highest BCUT2D eigenvalue weighted by atomic mass is 19.1. The molecule has 0 saturated heterocycles. The first-order chi connectivity index (χ1) is 19.6. The first-order valence-electron chi connectivity index (χ1n) is 13.0. The number of amides is 3. The van der Waals surface area contributed by atoms with Crippen molar-refractivity contribution in [2.24, 2.45) is 0 Å². The van der Waals surface area contributed by atoms with E-state index in [1.54, 1.807) is 41.5 Å². The average molecular weight is 587 g/mol. The van der Waals surface area contributed by atoms with Crippen molar-refractivity contribution in [3.63, 3.8) is 0 Å². The maximum atomic E-state index is 15.4. The summed E-state index contributed by atoms with van der Waals surface area (Å²) in [6.45, 7) is 9.91. The molecule has 0 atom stereocenters. The summed E-state index contributed by atoms with van der Waals surface area (Å²) < 4.78 is 45.9. The van der Waals surface area contributed by atoms with Crippen LogP contribution in [0.3, 0.4) is 0 Å². The van der Waals surface area contributed by atoms with Crippen molar-refractivity contribution in [3.05, 3.63) is 47.3 Å². The van der Waals surface area contributed by atoms with Crippen LogP contribution in [-0.4, -0.2) is 57.9 Å². The summed E-state index contributed by atoms with van der Waals surface area (Å²) in [5.74, 6) is -2.75. The second-order valence-corrected chi connectivity index (χ2v) is 11.3. The number of ether oxygens (including phenoxy) is 3. The van der Waals surface area contributed by atoms with E-state index < -0.39 is 52.6 Å². The SMILES string of the molecule is COc1c(F)cccc1Nc1c(-c2nc(N(C(=O)OC(C)(C)C)C(=O)OC(C)(C)C)ncc2F)[nH]c2c1C(=O)NCC2. The van der Waals surface area contributed by atoms with Gasteiger partial charge in [-0.05, 0) is 53.7 Å². The van der Waals surface area contributed by atoms with Gasteiger partial charge in [-0.3, -0.25) is 4.79 Å². The minimum absolute atomic E-state index is 0.0159. The van der Waals surface area contributed by atoms with Gasteiger partial charge >= 0.3 is 12.2 Å². The Labute approximate surface area is 240 Å². The smallest absolute Gasteiger partial charge is 0.427 e. The van der Waals surface area contributed by atoms with E-state index in [4.69, 9.17) is 14.2 Å². The van der Waals surface area contributed by atoms with Gasteiger partial charge in [-0.1, -0.05) is 6.07 Å². The monoisotopic (exact) mass is 586 g/mol. The van der Waals surface area contributed by atoms with Crippen molar-refractivity contribution in [2.45, 2.75) is 59.2 Å². The molecule has 2 aromatic heterocycles. The lowest BCUT2D eigenvalue weighted by Gasteiger charge is -2.27. The zero-order valence-electron chi connectivity index (χ0n) is 24.3. The number of halogens is 2.